The fraction of sp³-hybridized carbons (Fsp3) is 0.643. The quantitative estimate of drug-likeness (QED) is 0.837. The average Bonchev–Trinajstić information content (AvgIpc) is 3.10. The zero-order valence-electron chi connectivity index (χ0n) is 12.5. The van der Waals surface area contributed by atoms with Crippen LogP contribution in [0.4, 0.5) is 4.79 Å². The summed E-state index contributed by atoms with van der Waals surface area (Å²) < 4.78 is 5.46. The first-order chi connectivity index (χ1) is 9.90. The third-order valence-electron chi connectivity index (χ3n) is 4.04. The SMILES string of the molecule is CC(C)c1csc(C(=O)N2CC[C@@]3(CN(C)C(=O)O3)C2)n1. The number of thiazole rings is 1. The second kappa shape index (κ2) is 4.98. The molecule has 0 radical (unpaired) electrons. The molecule has 1 aromatic rings. The lowest BCUT2D eigenvalue weighted by molar-refractivity contribution is 0.0553. The Kier molecular flexibility index (Phi) is 3.39. The number of ether oxygens (including phenoxy) is 1. The molecule has 2 saturated heterocycles. The third kappa shape index (κ3) is 2.50. The smallest absolute Gasteiger partial charge is 0.410 e. The number of aromatic nitrogens is 1. The summed E-state index contributed by atoms with van der Waals surface area (Å²) >= 11 is 1.38. The molecule has 1 atom stereocenters. The van der Waals surface area contributed by atoms with Gasteiger partial charge in [0.05, 0.1) is 18.8 Å². The highest BCUT2D eigenvalue weighted by Crippen LogP contribution is 2.32. The summed E-state index contributed by atoms with van der Waals surface area (Å²) in [5.41, 5.74) is 0.420. The van der Waals surface area contributed by atoms with Crippen LogP contribution in [0.25, 0.3) is 0 Å². The predicted octanol–water partition coefficient (Wildman–Crippen LogP) is 1.93. The molecule has 6 nitrogen and oxygen atoms in total. The van der Waals surface area contributed by atoms with Gasteiger partial charge in [0.15, 0.2) is 10.6 Å². The molecule has 114 valence electrons. The van der Waals surface area contributed by atoms with Gasteiger partial charge < -0.3 is 14.5 Å². The van der Waals surface area contributed by atoms with E-state index in [1.165, 1.54) is 11.3 Å². The van der Waals surface area contributed by atoms with E-state index in [4.69, 9.17) is 4.74 Å². The van der Waals surface area contributed by atoms with E-state index in [-0.39, 0.29) is 12.0 Å². The van der Waals surface area contributed by atoms with Gasteiger partial charge in [-0.05, 0) is 5.92 Å². The molecule has 1 aromatic heterocycles. The van der Waals surface area contributed by atoms with Crippen LogP contribution in [0.15, 0.2) is 5.38 Å². The standard InChI is InChI=1S/C14H19N3O3S/c1-9(2)10-6-21-11(15-10)12(18)17-5-4-14(8-17)7-16(3)13(19)20-14/h6,9H,4-5,7-8H2,1-3H3/t14-/m1/s1. The van der Waals surface area contributed by atoms with Crippen LogP contribution in [-0.4, -0.2) is 59.1 Å². The van der Waals surface area contributed by atoms with Crippen molar-refractivity contribution in [3.05, 3.63) is 16.1 Å². The summed E-state index contributed by atoms with van der Waals surface area (Å²) in [5, 5.41) is 2.46. The van der Waals surface area contributed by atoms with Crippen LogP contribution in [0.5, 0.6) is 0 Å². The second-order valence-electron chi connectivity index (χ2n) is 6.12. The van der Waals surface area contributed by atoms with Crippen molar-refractivity contribution in [1.29, 1.82) is 0 Å². The Morgan fingerprint density at radius 2 is 2.24 bits per heavy atom. The van der Waals surface area contributed by atoms with Gasteiger partial charge in [0, 0.05) is 25.4 Å². The average molecular weight is 309 g/mol. The largest absolute Gasteiger partial charge is 0.439 e. The van der Waals surface area contributed by atoms with E-state index in [0.29, 0.717) is 37.0 Å². The Morgan fingerprint density at radius 1 is 1.48 bits per heavy atom. The second-order valence-corrected chi connectivity index (χ2v) is 6.97. The molecule has 1 spiro atoms. The number of carbonyl (C=O) groups is 2. The van der Waals surface area contributed by atoms with E-state index in [0.717, 1.165) is 5.69 Å². The van der Waals surface area contributed by atoms with Gasteiger partial charge in [0.1, 0.15) is 0 Å². The van der Waals surface area contributed by atoms with Crippen molar-refractivity contribution in [1.82, 2.24) is 14.8 Å². The van der Waals surface area contributed by atoms with E-state index in [1.807, 2.05) is 5.38 Å². The first-order valence-corrected chi connectivity index (χ1v) is 7.97. The van der Waals surface area contributed by atoms with Crippen LogP contribution in [0.3, 0.4) is 0 Å². The Bertz CT molecular complexity index is 586. The van der Waals surface area contributed by atoms with Crippen LogP contribution in [0, 0.1) is 0 Å². The number of likely N-dealkylation sites (N-methyl/N-ethyl adjacent to an activating group) is 1. The van der Waals surface area contributed by atoms with Crippen molar-refractivity contribution >= 4 is 23.3 Å². The van der Waals surface area contributed by atoms with Crippen LogP contribution in [0.2, 0.25) is 0 Å². The zero-order valence-corrected chi connectivity index (χ0v) is 13.3. The normalized spacial score (nSPS) is 25.2. The summed E-state index contributed by atoms with van der Waals surface area (Å²) in [7, 11) is 1.72. The van der Waals surface area contributed by atoms with Crippen LogP contribution < -0.4 is 0 Å². The molecule has 2 aliphatic heterocycles. The van der Waals surface area contributed by atoms with Crippen LogP contribution in [0.1, 0.15) is 41.7 Å². The maximum atomic E-state index is 12.5. The molecule has 0 saturated carbocycles. The maximum Gasteiger partial charge on any atom is 0.410 e. The van der Waals surface area contributed by atoms with E-state index < -0.39 is 5.60 Å². The van der Waals surface area contributed by atoms with Crippen LogP contribution in [-0.2, 0) is 4.74 Å². The number of likely N-dealkylation sites (tertiary alicyclic amines) is 1. The molecular formula is C14H19N3O3S. The van der Waals surface area contributed by atoms with Crippen molar-refractivity contribution in [2.24, 2.45) is 0 Å². The van der Waals surface area contributed by atoms with Gasteiger partial charge in [-0.15, -0.1) is 11.3 Å². The highest BCUT2D eigenvalue weighted by atomic mass is 32.1. The molecule has 0 aromatic carbocycles. The molecule has 2 aliphatic rings. The minimum Gasteiger partial charge on any atom is -0.439 e. The Hall–Kier alpha value is -1.63. The Balaban J connectivity index is 1.71. The minimum atomic E-state index is -0.528. The Labute approximate surface area is 127 Å². The topological polar surface area (TPSA) is 62.7 Å². The summed E-state index contributed by atoms with van der Waals surface area (Å²) in [6, 6.07) is 0. The lowest BCUT2D eigenvalue weighted by Crippen LogP contribution is -2.39. The molecule has 7 heteroatoms. The summed E-state index contributed by atoms with van der Waals surface area (Å²) in [6.45, 7) is 5.73. The molecule has 0 N–H and O–H groups in total. The van der Waals surface area contributed by atoms with Crippen molar-refractivity contribution in [3.63, 3.8) is 0 Å². The van der Waals surface area contributed by atoms with Crippen molar-refractivity contribution in [2.75, 3.05) is 26.7 Å². The minimum absolute atomic E-state index is 0.0608. The highest BCUT2D eigenvalue weighted by Gasteiger charge is 2.49. The zero-order chi connectivity index (χ0) is 15.2. The fourth-order valence-corrected chi connectivity index (χ4v) is 3.75. The van der Waals surface area contributed by atoms with Gasteiger partial charge in [-0.25, -0.2) is 9.78 Å². The first-order valence-electron chi connectivity index (χ1n) is 7.09. The summed E-state index contributed by atoms with van der Waals surface area (Å²) in [6.07, 6.45) is 0.387. The van der Waals surface area contributed by atoms with Gasteiger partial charge >= 0.3 is 6.09 Å². The first kappa shape index (κ1) is 14.3. The summed E-state index contributed by atoms with van der Waals surface area (Å²) in [5.74, 6) is 0.256. The molecule has 21 heavy (non-hydrogen) atoms. The number of carbonyl (C=O) groups excluding carboxylic acids is 2. The van der Waals surface area contributed by atoms with Crippen molar-refractivity contribution in [3.8, 4) is 0 Å². The van der Waals surface area contributed by atoms with Gasteiger partial charge in [0.25, 0.3) is 5.91 Å². The van der Waals surface area contributed by atoms with Gasteiger partial charge in [0.2, 0.25) is 0 Å². The predicted molar refractivity (Wildman–Crippen MR) is 78.6 cm³/mol. The van der Waals surface area contributed by atoms with Gasteiger partial charge in [-0.1, -0.05) is 13.8 Å². The number of amides is 2. The molecule has 2 fully saturated rings. The number of rotatable bonds is 2. The van der Waals surface area contributed by atoms with E-state index >= 15 is 0 Å². The lowest BCUT2D eigenvalue weighted by Gasteiger charge is -2.21. The summed E-state index contributed by atoms with van der Waals surface area (Å²) in [4.78, 5) is 31.8. The Morgan fingerprint density at radius 3 is 2.81 bits per heavy atom. The number of hydrogen-bond donors (Lipinski definition) is 0. The van der Waals surface area contributed by atoms with E-state index in [1.54, 1.807) is 16.8 Å². The highest BCUT2D eigenvalue weighted by molar-refractivity contribution is 7.11. The lowest BCUT2D eigenvalue weighted by atomic mass is 10.0. The number of hydrogen-bond acceptors (Lipinski definition) is 5. The monoisotopic (exact) mass is 309 g/mol. The molecule has 3 heterocycles. The maximum absolute atomic E-state index is 12.5. The molecule has 3 rings (SSSR count). The molecular weight excluding hydrogens is 290 g/mol. The van der Waals surface area contributed by atoms with Gasteiger partial charge in [-0.3, -0.25) is 4.79 Å². The third-order valence-corrected chi connectivity index (χ3v) is 4.89. The van der Waals surface area contributed by atoms with Crippen molar-refractivity contribution in [2.45, 2.75) is 31.8 Å². The van der Waals surface area contributed by atoms with Crippen molar-refractivity contribution < 1.29 is 14.3 Å². The van der Waals surface area contributed by atoms with E-state index in [9.17, 15) is 9.59 Å². The molecule has 0 bridgehead atoms. The van der Waals surface area contributed by atoms with Crippen LogP contribution >= 0.6 is 11.3 Å². The van der Waals surface area contributed by atoms with E-state index in [2.05, 4.69) is 18.8 Å². The number of nitrogens with zero attached hydrogens (tertiary/aromatic N) is 3. The van der Waals surface area contributed by atoms with Gasteiger partial charge in [-0.2, -0.15) is 0 Å². The molecule has 0 unspecified atom stereocenters. The fourth-order valence-electron chi connectivity index (χ4n) is 2.81. The molecule has 0 aliphatic carbocycles. The molecule has 2 amide bonds.